The maximum atomic E-state index is 13.7. The Morgan fingerprint density at radius 3 is 1.95 bits per heavy atom. The summed E-state index contributed by atoms with van der Waals surface area (Å²) in [6.07, 6.45) is -13.9. The molecule has 226 valence electrons. The van der Waals surface area contributed by atoms with Gasteiger partial charge in [0.05, 0.1) is 22.8 Å². The number of ether oxygens (including phenoxy) is 1. The van der Waals surface area contributed by atoms with Crippen molar-refractivity contribution < 1.29 is 44.3 Å². The van der Waals surface area contributed by atoms with Gasteiger partial charge in [0, 0.05) is 26.7 Å². The maximum Gasteiger partial charge on any atom is 0.416 e. The molecule has 6 nitrogen and oxygen atoms in total. The molecule has 2 aromatic rings. The molecular formula is C26H28F9N5O. The lowest BCUT2D eigenvalue weighted by molar-refractivity contribution is -0.143. The minimum Gasteiger partial charge on any atom is -0.374 e. The largest absolute Gasteiger partial charge is 0.416 e. The Balaban J connectivity index is 2.13. The highest BCUT2D eigenvalue weighted by molar-refractivity contribution is 5.37. The van der Waals surface area contributed by atoms with Crippen LogP contribution < -0.4 is 5.84 Å². The van der Waals surface area contributed by atoms with E-state index in [0.717, 1.165) is 35.0 Å². The second-order valence-electron chi connectivity index (χ2n) is 9.57. The first kappa shape index (κ1) is 32.2. The normalized spacial score (nSPS) is 15.3. The highest BCUT2D eigenvalue weighted by atomic mass is 19.4. The van der Waals surface area contributed by atoms with Gasteiger partial charge in [0.1, 0.15) is 5.82 Å². The standard InChI is InChI=1S/C26H28F9N5O/c1-4-41-23(17-5-6-17)22-8-7-19(24(27,28)29)11-18(22)14-40(15(2)37-38-39(3)36)13-16-9-20(25(30,31)32)12-21(10-16)26(33,34)35/h7-12,17,23H,2,4-6,13-14,36H2,1,3H3. The van der Waals surface area contributed by atoms with Gasteiger partial charge in [0.15, 0.2) is 0 Å². The zero-order valence-corrected chi connectivity index (χ0v) is 22.0. The summed E-state index contributed by atoms with van der Waals surface area (Å²) in [5.74, 6) is 5.19. The summed E-state index contributed by atoms with van der Waals surface area (Å²) in [7, 11) is 1.29. The number of halogens is 9. The molecule has 3 rings (SSSR count). The third-order valence-corrected chi connectivity index (χ3v) is 6.22. The van der Waals surface area contributed by atoms with Crippen molar-refractivity contribution in [3.63, 3.8) is 0 Å². The highest BCUT2D eigenvalue weighted by Crippen LogP contribution is 2.45. The van der Waals surface area contributed by atoms with Crippen LogP contribution in [0.25, 0.3) is 0 Å². The van der Waals surface area contributed by atoms with Gasteiger partial charge in [-0.25, -0.2) is 11.0 Å². The number of benzene rings is 2. The molecule has 0 saturated heterocycles. The maximum absolute atomic E-state index is 13.7. The molecular weight excluding hydrogens is 569 g/mol. The third kappa shape index (κ3) is 8.83. The Kier molecular flexibility index (Phi) is 9.63. The van der Waals surface area contributed by atoms with Crippen molar-refractivity contribution in [2.24, 2.45) is 22.1 Å². The van der Waals surface area contributed by atoms with E-state index in [4.69, 9.17) is 10.6 Å². The summed E-state index contributed by atoms with van der Waals surface area (Å²) in [6, 6.07) is 4.10. The predicted molar refractivity (Wildman–Crippen MR) is 130 cm³/mol. The Morgan fingerprint density at radius 2 is 1.49 bits per heavy atom. The molecule has 0 aliphatic heterocycles. The molecule has 2 N–H and O–H groups in total. The number of nitrogens with zero attached hydrogens (tertiary/aromatic N) is 4. The van der Waals surface area contributed by atoms with Crippen LogP contribution in [0.3, 0.4) is 0 Å². The van der Waals surface area contributed by atoms with Crippen LogP contribution in [0.5, 0.6) is 0 Å². The van der Waals surface area contributed by atoms with Crippen LogP contribution in [0.2, 0.25) is 0 Å². The monoisotopic (exact) mass is 597 g/mol. The van der Waals surface area contributed by atoms with Crippen LogP contribution in [0.4, 0.5) is 39.5 Å². The van der Waals surface area contributed by atoms with Crippen molar-refractivity contribution in [3.8, 4) is 0 Å². The first-order valence-corrected chi connectivity index (χ1v) is 12.3. The van der Waals surface area contributed by atoms with Crippen molar-refractivity contribution in [1.29, 1.82) is 0 Å². The number of hydrogen-bond donors (Lipinski definition) is 1. The van der Waals surface area contributed by atoms with E-state index >= 15 is 0 Å². The van der Waals surface area contributed by atoms with Crippen molar-refractivity contribution in [1.82, 2.24) is 10.0 Å². The number of rotatable bonds is 11. The van der Waals surface area contributed by atoms with Crippen molar-refractivity contribution >= 4 is 0 Å². The van der Waals surface area contributed by atoms with Crippen LogP contribution in [0.1, 0.15) is 59.3 Å². The van der Waals surface area contributed by atoms with E-state index in [1.54, 1.807) is 6.92 Å². The molecule has 1 unspecified atom stereocenters. The van der Waals surface area contributed by atoms with E-state index in [0.29, 0.717) is 17.7 Å². The summed E-state index contributed by atoms with van der Waals surface area (Å²) in [6.45, 7) is 4.62. The summed E-state index contributed by atoms with van der Waals surface area (Å²) in [5.41, 5.74) is -4.00. The summed E-state index contributed by atoms with van der Waals surface area (Å²) < 4.78 is 128. The van der Waals surface area contributed by atoms with Gasteiger partial charge in [-0.3, -0.25) is 0 Å². The van der Waals surface area contributed by atoms with E-state index in [1.165, 1.54) is 13.1 Å². The van der Waals surface area contributed by atoms with Gasteiger partial charge in [0.25, 0.3) is 0 Å². The Morgan fingerprint density at radius 1 is 0.927 bits per heavy atom. The topological polar surface area (TPSA) is 66.5 Å². The fourth-order valence-corrected chi connectivity index (χ4v) is 4.22. The lowest BCUT2D eigenvalue weighted by Crippen LogP contribution is -2.25. The van der Waals surface area contributed by atoms with E-state index in [2.05, 4.69) is 16.9 Å². The predicted octanol–water partition coefficient (Wildman–Crippen LogP) is 7.88. The number of nitrogens with two attached hydrogens (primary N) is 1. The molecule has 15 heteroatoms. The zero-order chi connectivity index (χ0) is 30.8. The van der Waals surface area contributed by atoms with E-state index in [1.807, 2.05) is 0 Å². The zero-order valence-electron chi connectivity index (χ0n) is 22.0. The van der Waals surface area contributed by atoms with Crippen molar-refractivity contribution in [2.75, 3.05) is 13.7 Å². The molecule has 2 aromatic carbocycles. The van der Waals surface area contributed by atoms with Crippen LogP contribution in [0, 0.1) is 5.92 Å². The number of hydrogen-bond acceptors (Lipinski definition) is 5. The van der Waals surface area contributed by atoms with Gasteiger partial charge in [-0.05, 0) is 72.7 Å². The van der Waals surface area contributed by atoms with Crippen molar-refractivity contribution in [3.05, 3.63) is 82.2 Å². The Hall–Kier alpha value is -3.33. The van der Waals surface area contributed by atoms with Crippen LogP contribution in [-0.2, 0) is 36.4 Å². The van der Waals surface area contributed by atoms with Crippen LogP contribution in [0.15, 0.2) is 59.1 Å². The lowest BCUT2D eigenvalue weighted by Gasteiger charge is -2.28. The van der Waals surface area contributed by atoms with Gasteiger partial charge >= 0.3 is 18.5 Å². The second kappa shape index (κ2) is 12.3. The van der Waals surface area contributed by atoms with E-state index < -0.39 is 60.0 Å². The molecule has 1 aliphatic rings. The van der Waals surface area contributed by atoms with Gasteiger partial charge in [0.2, 0.25) is 0 Å². The molecule has 1 fully saturated rings. The fourth-order valence-electron chi connectivity index (χ4n) is 4.22. The Labute approximate surface area is 230 Å². The molecule has 0 spiro atoms. The number of alkyl halides is 9. The summed E-state index contributed by atoms with van der Waals surface area (Å²) >= 11 is 0. The van der Waals surface area contributed by atoms with Crippen LogP contribution in [-0.4, -0.2) is 23.7 Å². The lowest BCUT2D eigenvalue weighted by atomic mass is 9.95. The van der Waals surface area contributed by atoms with Gasteiger partial charge in [-0.2, -0.15) is 39.5 Å². The quantitative estimate of drug-likeness (QED) is 0.124. The second-order valence-corrected chi connectivity index (χ2v) is 9.57. The molecule has 1 atom stereocenters. The minimum atomic E-state index is -5.09. The van der Waals surface area contributed by atoms with Crippen LogP contribution >= 0.6 is 0 Å². The number of hydrazine groups is 1. The van der Waals surface area contributed by atoms with Gasteiger partial charge in [-0.15, -0.1) is 5.11 Å². The average Bonchev–Trinajstić information content (AvgIpc) is 3.69. The molecule has 1 aliphatic carbocycles. The molecule has 0 heterocycles. The molecule has 0 amide bonds. The summed E-state index contributed by atoms with van der Waals surface area (Å²) in [4.78, 5) is 1.12. The molecule has 41 heavy (non-hydrogen) atoms. The SMILES string of the molecule is C=C(N=NN(C)N)N(Cc1cc(C(F)(F)F)cc(C(F)(F)F)c1)Cc1cc(C(F)(F)F)ccc1C(OCC)C1CC1. The smallest absolute Gasteiger partial charge is 0.374 e. The highest BCUT2D eigenvalue weighted by Gasteiger charge is 2.38. The molecule has 0 aromatic heterocycles. The van der Waals surface area contributed by atoms with E-state index in [9.17, 15) is 39.5 Å². The van der Waals surface area contributed by atoms with Gasteiger partial charge in [-0.1, -0.05) is 17.9 Å². The molecule has 0 radical (unpaired) electrons. The molecule has 1 saturated carbocycles. The first-order valence-electron chi connectivity index (χ1n) is 12.3. The first-order chi connectivity index (χ1) is 18.9. The Bertz CT molecular complexity index is 1220. The minimum absolute atomic E-state index is 0.0149. The van der Waals surface area contributed by atoms with E-state index in [-0.39, 0.29) is 30.0 Å². The van der Waals surface area contributed by atoms with Gasteiger partial charge < -0.3 is 9.64 Å². The summed E-state index contributed by atoms with van der Waals surface area (Å²) in [5, 5.41) is 8.07. The molecule has 0 bridgehead atoms. The average molecular weight is 598 g/mol. The van der Waals surface area contributed by atoms with Crippen molar-refractivity contribution in [2.45, 2.75) is 57.5 Å². The fraction of sp³-hybridized carbons (Fsp3) is 0.462. The third-order valence-electron chi connectivity index (χ3n) is 6.22.